The first-order chi connectivity index (χ1) is 11.7. The van der Waals surface area contributed by atoms with Crippen molar-refractivity contribution in [2.24, 2.45) is 7.05 Å². The number of nitrogens with zero attached hydrogens (tertiary/aromatic N) is 2. The molecule has 5 heteroatoms. The standard InChI is InChI=1S/C19H19N3O2/c1-22-19(15-6-4-3-5-7-15)17(13-20-22)21-18(23)12-14-8-10-16(24-2)11-9-14/h3-11,13H,12H2,1-2H3,(H,21,23). The van der Waals surface area contributed by atoms with Gasteiger partial charge in [0.2, 0.25) is 5.91 Å². The van der Waals surface area contributed by atoms with Crippen LogP contribution < -0.4 is 10.1 Å². The number of amides is 1. The van der Waals surface area contributed by atoms with Gasteiger partial charge >= 0.3 is 0 Å². The van der Waals surface area contributed by atoms with Gasteiger partial charge in [0.25, 0.3) is 0 Å². The van der Waals surface area contributed by atoms with Crippen molar-refractivity contribution in [3.63, 3.8) is 0 Å². The fourth-order valence-electron chi connectivity index (χ4n) is 2.59. The summed E-state index contributed by atoms with van der Waals surface area (Å²) >= 11 is 0. The summed E-state index contributed by atoms with van der Waals surface area (Å²) in [7, 11) is 3.48. The predicted octanol–water partition coefficient (Wildman–Crippen LogP) is 3.28. The average Bonchev–Trinajstić information content (AvgIpc) is 2.96. The van der Waals surface area contributed by atoms with Gasteiger partial charge in [0.15, 0.2) is 0 Å². The second-order valence-electron chi connectivity index (χ2n) is 5.47. The summed E-state index contributed by atoms with van der Waals surface area (Å²) in [6.07, 6.45) is 1.97. The molecule has 0 bridgehead atoms. The van der Waals surface area contributed by atoms with E-state index in [1.54, 1.807) is 18.0 Å². The number of nitrogens with one attached hydrogen (secondary N) is 1. The van der Waals surface area contributed by atoms with Crippen LogP contribution in [0.25, 0.3) is 11.3 Å². The second-order valence-corrected chi connectivity index (χ2v) is 5.47. The largest absolute Gasteiger partial charge is 0.497 e. The minimum absolute atomic E-state index is 0.0784. The van der Waals surface area contributed by atoms with Crippen molar-refractivity contribution >= 4 is 11.6 Å². The van der Waals surface area contributed by atoms with Crippen molar-refractivity contribution in [3.05, 3.63) is 66.4 Å². The number of hydrogen-bond donors (Lipinski definition) is 1. The number of aromatic nitrogens is 2. The number of anilines is 1. The zero-order chi connectivity index (χ0) is 16.9. The third-order valence-corrected chi connectivity index (χ3v) is 3.78. The number of ether oxygens (including phenoxy) is 1. The van der Waals surface area contributed by atoms with Crippen LogP contribution in [-0.2, 0) is 18.3 Å². The monoisotopic (exact) mass is 321 g/mol. The quantitative estimate of drug-likeness (QED) is 0.784. The van der Waals surface area contributed by atoms with Crippen molar-refractivity contribution in [2.75, 3.05) is 12.4 Å². The van der Waals surface area contributed by atoms with Crippen molar-refractivity contribution in [1.29, 1.82) is 0 Å². The van der Waals surface area contributed by atoms with Crippen LogP contribution in [0, 0.1) is 0 Å². The average molecular weight is 321 g/mol. The summed E-state index contributed by atoms with van der Waals surface area (Å²) in [4.78, 5) is 12.3. The van der Waals surface area contributed by atoms with E-state index in [0.717, 1.165) is 22.6 Å². The van der Waals surface area contributed by atoms with Crippen LogP contribution in [0.15, 0.2) is 60.8 Å². The molecule has 0 fully saturated rings. The van der Waals surface area contributed by atoms with Gasteiger partial charge in [0.1, 0.15) is 5.75 Å². The van der Waals surface area contributed by atoms with Crippen molar-refractivity contribution in [3.8, 4) is 17.0 Å². The molecule has 0 saturated carbocycles. The van der Waals surface area contributed by atoms with E-state index in [1.807, 2.05) is 61.6 Å². The summed E-state index contributed by atoms with van der Waals surface area (Å²) in [6.45, 7) is 0. The Kier molecular flexibility index (Phi) is 4.61. The molecule has 1 N–H and O–H groups in total. The third-order valence-electron chi connectivity index (χ3n) is 3.78. The zero-order valence-electron chi connectivity index (χ0n) is 13.7. The molecule has 0 saturated heterocycles. The number of methoxy groups -OCH3 is 1. The lowest BCUT2D eigenvalue weighted by Gasteiger charge is -2.08. The molecule has 1 amide bonds. The molecule has 0 aliphatic carbocycles. The SMILES string of the molecule is COc1ccc(CC(=O)Nc2cnn(C)c2-c2ccccc2)cc1. The van der Waals surface area contributed by atoms with E-state index in [-0.39, 0.29) is 5.91 Å². The van der Waals surface area contributed by atoms with Gasteiger partial charge in [-0.2, -0.15) is 5.10 Å². The van der Waals surface area contributed by atoms with E-state index < -0.39 is 0 Å². The van der Waals surface area contributed by atoms with Crippen LogP contribution in [0.1, 0.15) is 5.56 Å². The minimum atomic E-state index is -0.0784. The molecule has 24 heavy (non-hydrogen) atoms. The molecular weight excluding hydrogens is 302 g/mol. The van der Waals surface area contributed by atoms with Crippen LogP contribution in [0.5, 0.6) is 5.75 Å². The maximum absolute atomic E-state index is 12.3. The molecule has 1 heterocycles. The van der Waals surface area contributed by atoms with Gasteiger partial charge in [0.05, 0.1) is 31.1 Å². The van der Waals surface area contributed by atoms with Gasteiger partial charge in [0, 0.05) is 12.6 Å². The van der Waals surface area contributed by atoms with Gasteiger partial charge in [-0.05, 0) is 17.7 Å². The Morgan fingerprint density at radius 3 is 2.50 bits per heavy atom. The van der Waals surface area contributed by atoms with Crippen LogP contribution >= 0.6 is 0 Å². The van der Waals surface area contributed by atoms with Crippen LogP contribution in [0.4, 0.5) is 5.69 Å². The van der Waals surface area contributed by atoms with E-state index >= 15 is 0 Å². The summed E-state index contributed by atoms with van der Waals surface area (Å²) < 4.78 is 6.89. The Morgan fingerprint density at radius 1 is 1.12 bits per heavy atom. The number of carbonyl (C=O) groups is 1. The fraction of sp³-hybridized carbons (Fsp3) is 0.158. The summed E-state index contributed by atoms with van der Waals surface area (Å²) in [5, 5.41) is 7.21. The Bertz CT molecular complexity index is 824. The first-order valence-corrected chi connectivity index (χ1v) is 7.67. The van der Waals surface area contributed by atoms with Crippen LogP contribution in [0.3, 0.4) is 0 Å². The Hall–Kier alpha value is -3.08. The molecule has 0 unspecified atom stereocenters. The van der Waals surface area contributed by atoms with Crippen LogP contribution in [0.2, 0.25) is 0 Å². The zero-order valence-corrected chi connectivity index (χ0v) is 13.7. The highest BCUT2D eigenvalue weighted by molar-refractivity contribution is 5.95. The molecule has 122 valence electrons. The number of benzene rings is 2. The minimum Gasteiger partial charge on any atom is -0.497 e. The first kappa shape index (κ1) is 15.8. The lowest BCUT2D eigenvalue weighted by Crippen LogP contribution is -2.14. The lowest BCUT2D eigenvalue weighted by molar-refractivity contribution is -0.115. The van der Waals surface area contributed by atoms with Gasteiger partial charge in [-0.25, -0.2) is 0 Å². The van der Waals surface area contributed by atoms with E-state index in [0.29, 0.717) is 12.1 Å². The second kappa shape index (κ2) is 7.00. The third kappa shape index (κ3) is 3.46. The topological polar surface area (TPSA) is 56.1 Å². The Balaban J connectivity index is 1.75. The fourth-order valence-corrected chi connectivity index (χ4v) is 2.59. The maximum atomic E-state index is 12.3. The lowest BCUT2D eigenvalue weighted by atomic mass is 10.1. The molecule has 5 nitrogen and oxygen atoms in total. The maximum Gasteiger partial charge on any atom is 0.228 e. The van der Waals surface area contributed by atoms with E-state index in [1.165, 1.54) is 0 Å². The molecule has 0 radical (unpaired) electrons. The summed E-state index contributed by atoms with van der Waals surface area (Å²) in [5.74, 6) is 0.697. The number of carbonyl (C=O) groups excluding carboxylic acids is 1. The molecule has 3 aromatic rings. The number of aryl methyl sites for hydroxylation is 1. The molecule has 0 aliphatic rings. The Morgan fingerprint density at radius 2 is 1.83 bits per heavy atom. The normalized spacial score (nSPS) is 10.4. The van der Waals surface area contributed by atoms with Crippen molar-refractivity contribution in [2.45, 2.75) is 6.42 Å². The van der Waals surface area contributed by atoms with Gasteiger partial charge < -0.3 is 10.1 Å². The van der Waals surface area contributed by atoms with Gasteiger partial charge in [-0.1, -0.05) is 42.5 Å². The van der Waals surface area contributed by atoms with E-state index in [2.05, 4.69) is 10.4 Å². The molecule has 1 aromatic heterocycles. The van der Waals surface area contributed by atoms with E-state index in [9.17, 15) is 4.79 Å². The molecule has 0 spiro atoms. The highest BCUT2D eigenvalue weighted by atomic mass is 16.5. The molecular formula is C19H19N3O2. The van der Waals surface area contributed by atoms with Crippen molar-refractivity contribution < 1.29 is 9.53 Å². The molecule has 0 aliphatic heterocycles. The highest BCUT2D eigenvalue weighted by Gasteiger charge is 2.13. The molecule has 2 aromatic carbocycles. The van der Waals surface area contributed by atoms with Gasteiger partial charge in [-0.3, -0.25) is 9.48 Å². The number of rotatable bonds is 5. The molecule has 3 rings (SSSR count). The van der Waals surface area contributed by atoms with Crippen LogP contribution in [-0.4, -0.2) is 22.8 Å². The number of hydrogen-bond acceptors (Lipinski definition) is 3. The first-order valence-electron chi connectivity index (χ1n) is 7.67. The molecule has 0 atom stereocenters. The highest BCUT2D eigenvalue weighted by Crippen LogP contribution is 2.27. The predicted molar refractivity (Wildman–Crippen MR) is 94.0 cm³/mol. The van der Waals surface area contributed by atoms with Gasteiger partial charge in [-0.15, -0.1) is 0 Å². The Labute approximate surface area is 140 Å². The smallest absolute Gasteiger partial charge is 0.228 e. The summed E-state index contributed by atoms with van der Waals surface area (Å²) in [6, 6.07) is 17.4. The van der Waals surface area contributed by atoms with Crippen molar-refractivity contribution in [1.82, 2.24) is 9.78 Å². The summed E-state index contributed by atoms with van der Waals surface area (Å²) in [5.41, 5.74) is 3.54. The van der Waals surface area contributed by atoms with E-state index in [4.69, 9.17) is 4.74 Å².